The molecule has 0 unspecified atom stereocenters. The smallest absolute Gasteiger partial charge is 0.254 e. The normalized spacial score (nSPS) is 22.6. The summed E-state index contributed by atoms with van der Waals surface area (Å²) in [5.74, 6) is 0.172. The molecule has 0 radical (unpaired) electrons. The molecule has 1 amide bonds. The number of nitrogens with zero attached hydrogens (tertiary/aromatic N) is 1. The second-order valence-corrected chi connectivity index (χ2v) is 5.98. The Morgan fingerprint density at radius 1 is 1.25 bits per heavy atom. The highest BCUT2D eigenvalue weighted by Crippen LogP contribution is 2.24. The van der Waals surface area contributed by atoms with E-state index in [1.165, 1.54) is 5.56 Å². The highest BCUT2D eigenvalue weighted by molar-refractivity contribution is 5.95. The molecule has 3 heteroatoms. The summed E-state index contributed by atoms with van der Waals surface area (Å²) >= 11 is 0. The first-order valence-electron chi connectivity index (χ1n) is 7.66. The second kappa shape index (κ2) is 6.40. The van der Waals surface area contributed by atoms with E-state index in [4.69, 9.17) is 5.73 Å². The van der Waals surface area contributed by atoms with E-state index in [0.29, 0.717) is 12.1 Å². The number of nitrogens with two attached hydrogens (primary N) is 1. The van der Waals surface area contributed by atoms with Crippen LogP contribution < -0.4 is 5.73 Å². The van der Waals surface area contributed by atoms with E-state index in [1.54, 1.807) is 0 Å². The summed E-state index contributed by atoms with van der Waals surface area (Å²) in [7, 11) is 0. The molecule has 3 nitrogen and oxygen atoms in total. The Morgan fingerprint density at radius 2 is 1.90 bits per heavy atom. The van der Waals surface area contributed by atoms with Gasteiger partial charge in [0.2, 0.25) is 0 Å². The average Bonchev–Trinajstić information content (AvgIpc) is 2.41. The van der Waals surface area contributed by atoms with E-state index in [2.05, 4.69) is 19.9 Å². The molecule has 0 spiro atoms. The number of carbonyl (C=O) groups is 1. The molecule has 1 saturated carbocycles. The van der Waals surface area contributed by atoms with Crippen LogP contribution in [0.3, 0.4) is 0 Å². The van der Waals surface area contributed by atoms with Gasteiger partial charge in [-0.05, 0) is 58.1 Å². The molecule has 20 heavy (non-hydrogen) atoms. The molecule has 0 aromatic heterocycles. The van der Waals surface area contributed by atoms with Crippen molar-refractivity contribution in [3.05, 3.63) is 34.9 Å². The fourth-order valence-electron chi connectivity index (χ4n) is 3.19. The standard InChI is InChI=1S/C17H26N2O/c1-4-19(15-8-6-14(18)7-9-15)17(20)16-10-5-12(2)11-13(16)3/h5,10-11,14-15H,4,6-9,18H2,1-3H3. The fourth-order valence-corrected chi connectivity index (χ4v) is 3.19. The van der Waals surface area contributed by atoms with Crippen LogP contribution in [-0.2, 0) is 0 Å². The van der Waals surface area contributed by atoms with E-state index in [9.17, 15) is 4.79 Å². The van der Waals surface area contributed by atoms with E-state index < -0.39 is 0 Å². The molecule has 110 valence electrons. The minimum absolute atomic E-state index is 0.172. The summed E-state index contributed by atoms with van der Waals surface area (Å²) in [5.41, 5.74) is 9.07. The lowest BCUT2D eigenvalue weighted by atomic mass is 9.90. The van der Waals surface area contributed by atoms with E-state index >= 15 is 0 Å². The maximum atomic E-state index is 12.8. The van der Waals surface area contributed by atoms with Crippen molar-refractivity contribution in [2.45, 2.75) is 58.5 Å². The Balaban J connectivity index is 2.16. The van der Waals surface area contributed by atoms with Gasteiger partial charge in [0.15, 0.2) is 0 Å². The second-order valence-electron chi connectivity index (χ2n) is 5.98. The van der Waals surface area contributed by atoms with E-state index in [0.717, 1.165) is 43.4 Å². The lowest BCUT2D eigenvalue weighted by Crippen LogP contribution is -2.44. The minimum atomic E-state index is 0.172. The molecule has 2 rings (SSSR count). The number of benzene rings is 1. The van der Waals surface area contributed by atoms with Crippen LogP contribution >= 0.6 is 0 Å². The maximum absolute atomic E-state index is 12.8. The summed E-state index contributed by atoms with van der Waals surface area (Å²) in [6.45, 7) is 6.91. The first kappa shape index (κ1) is 15.0. The van der Waals surface area contributed by atoms with Gasteiger partial charge in [-0.3, -0.25) is 4.79 Å². The van der Waals surface area contributed by atoms with Crippen LogP contribution in [0.1, 0.15) is 54.1 Å². The van der Waals surface area contributed by atoms with Crippen LogP contribution in [0, 0.1) is 13.8 Å². The third-order valence-electron chi connectivity index (χ3n) is 4.40. The van der Waals surface area contributed by atoms with Crippen molar-refractivity contribution in [2.75, 3.05) is 6.54 Å². The maximum Gasteiger partial charge on any atom is 0.254 e. The molecular weight excluding hydrogens is 248 g/mol. The third kappa shape index (κ3) is 3.21. The zero-order valence-corrected chi connectivity index (χ0v) is 12.9. The van der Waals surface area contributed by atoms with Crippen LogP contribution in [0.2, 0.25) is 0 Å². The number of carbonyl (C=O) groups excluding carboxylic acids is 1. The predicted molar refractivity (Wildman–Crippen MR) is 82.9 cm³/mol. The van der Waals surface area contributed by atoms with Gasteiger partial charge in [-0.2, -0.15) is 0 Å². The predicted octanol–water partition coefficient (Wildman–Crippen LogP) is 3.04. The Morgan fingerprint density at radius 3 is 2.45 bits per heavy atom. The molecule has 1 aliphatic rings. The summed E-state index contributed by atoms with van der Waals surface area (Å²) < 4.78 is 0. The lowest BCUT2D eigenvalue weighted by Gasteiger charge is -2.35. The number of hydrogen-bond donors (Lipinski definition) is 1. The molecule has 1 aliphatic carbocycles. The average molecular weight is 274 g/mol. The summed E-state index contributed by atoms with van der Waals surface area (Å²) in [6, 6.07) is 6.74. The largest absolute Gasteiger partial charge is 0.336 e. The van der Waals surface area contributed by atoms with Crippen LogP contribution in [0.25, 0.3) is 0 Å². The highest BCUT2D eigenvalue weighted by atomic mass is 16.2. The molecule has 0 bridgehead atoms. The van der Waals surface area contributed by atoms with Crippen molar-refractivity contribution in [3.63, 3.8) is 0 Å². The van der Waals surface area contributed by atoms with Gasteiger partial charge in [0, 0.05) is 24.2 Å². The number of hydrogen-bond acceptors (Lipinski definition) is 2. The van der Waals surface area contributed by atoms with Crippen molar-refractivity contribution in [1.29, 1.82) is 0 Å². The number of aryl methyl sites for hydroxylation is 2. The van der Waals surface area contributed by atoms with Gasteiger partial charge in [0.05, 0.1) is 0 Å². The van der Waals surface area contributed by atoms with E-state index in [1.807, 2.05) is 24.0 Å². The number of rotatable bonds is 3. The monoisotopic (exact) mass is 274 g/mol. The number of amides is 1. The van der Waals surface area contributed by atoms with Crippen molar-refractivity contribution in [2.24, 2.45) is 5.73 Å². The Kier molecular flexibility index (Phi) is 4.81. The first-order chi connectivity index (χ1) is 9.52. The molecule has 0 aliphatic heterocycles. The Hall–Kier alpha value is -1.35. The molecule has 2 N–H and O–H groups in total. The van der Waals surface area contributed by atoms with Crippen molar-refractivity contribution in [3.8, 4) is 0 Å². The van der Waals surface area contributed by atoms with Gasteiger partial charge in [-0.15, -0.1) is 0 Å². The van der Waals surface area contributed by atoms with Gasteiger partial charge in [0.1, 0.15) is 0 Å². The molecule has 0 heterocycles. The van der Waals surface area contributed by atoms with Gasteiger partial charge < -0.3 is 10.6 Å². The molecule has 1 fully saturated rings. The van der Waals surface area contributed by atoms with Gasteiger partial charge >= 0.3 is 0 Å². The topological polar surface area (TPSA) is 46.3 Å². The summed E-state index contributed by atoms with van der Waals surface area (Å²) in [6.07, 6.45) is 4.12. The van der Waals surface area contributed by atoms with Gasteiger partial charge in [0.25, 0.3) is 5.91 Å². The summed E-state index contributed by atoms with van der Waals surface area (Å²) in [5, 5.41) is 0. The van der Waals surface area contributed by atoms with Crippen LogP contribution in [0.4, 0.5) is 0 Å². The molecule has 0 atom stereocenters. The van der Waals surface area contributed by atoms with Crippen molar-refractivity contribution < 1.29 is 4.79 Å². The summed E-state index contributed by atoms with van der Waals surface area (Å²) in [4.78, 5) is 14.8. The fraction of sp³-hybridized carbons (Fsp3) is 0.588. The first-order valence-corrected chi connectivity index (χ1v) is 7.66. The molecule has 1 aromatic carbocycles. The van der Waals surface area contributed by atoms with Crippen LogP contribution in [0.5, 0.6) is 0 Å². The zero-order chi connectivity index (χ0) is 14.7. The van der Waals surface area contributed by atoms with Gasteiger partial charge in [-0.1, -0.05) is 17.7 Å². The van der Waals surface area contributed by atoms with Crippen molar-refractivity contribution >= 4 is 5.91 Å². The van der Waals surface area contributed by atoms with Crippen LogP contribution in [0.15, 0.2) is 18.2 Å². The van der Waals surface area contributed by atoms with E-state index in [-0.39, 0.29) is 5.91 Å². The minimum Gasteiger partial charge on any atom is -0.336 e. The Bertz CT molecular complexity index is 476. The zero-order valence-electron chi connectivity index (χ0n) is 12.9. The third-order valence-corrected chi connectivity index (χ3v) is 4.40. The quantitative estimate of drug-likeness (QED) is 0.921. The molecule has 1 aromatic rings. The molecule has 0 saturated heterocycles. The lowest BCUT2D eigenvalue weighted by molar-refractivity contribution is 0.0640. The Labute approximate surface area is 122 Å². The highest BCUT2D eigenvalue weighted by Gasteiger charge is 2.27. The van der Waals surface area contributed by atoms with Crippen molar-refractivity contribution in [1.82, 2.24) is 4.90 Å². The SMILES string of the molecule is CCN(C(=O)c1ccc(C)cc1C)C1CCC(N)CC1. The van der Waals surface area contributed by atoms with Gasteiger partial charge in [-0.25, -0.2) is 0 Å². The molecular formula is C17H26N2O. The van der Waals surface area contributed by atoms with Crippen LogP contribution in [-0.4, -0.2) is 29.4 Å².